The Balaban J connectivity index is 1.74. The van der Waals surface area contributed by atoms with Gasteiger partial charge in [-0.1, -0.05) is 39.0 Å². The Kier molecular flexibility index (Phi) is 4.26. The van der Waals surface area contributed by atoms with Gasteiger partial charge in [-0.25, -0.2) is 0 Å². The van der Waals surface area contributed by atoms with Gasteiger partial charge in [0.2, 0.25) is 0 Å². The lowest BCUT2D eigenvalue weighted by Crippen LogP contribution is -2.45. The third kappa shape index (κ3) is 2.98. The molecule has 0 spiro atoms. The Labute approximate surface area is 99.9 Å². The second-order valence-corrected chi connectivity index (χ2v) is 6.02. The summed E-state index contributed by atoms with van der Waals surface area (Å²) in [6.45, 7) is 3.98. The first-order valence-electron chi connectivity index (χ1n) is 7.08. The van der Waals surface area contributed by atoms with Crippen LogP contribution in [-0.4, -0.2) is 18.8 Å². The van der Waals surface area contributed by atoms with Crippen LogP contribution in [0.5, 0.6) is 0 Å². The average molecular weight is 225 g/mol. The fourth-order valence-corrected chi connectivity index (χ4v) is 3.21. The van der Waals surface area contributed by atoms with Gasteiger partial charge in [0, 0.05) is 13.2 Å². The molecule has 2 saturated carbocycles. The van der Waals surface area contributed by atoms with Crippen LogP contribution in [0.2, 0.25) is 0 Å². The lowest BCUT2D eigenvalue weighted by molar-refractivity contribution is -0.0800. The molecule has 0 amide bonds. The number of ether oxygens (including phenoxy) is 1. The molecule has 2 N–H and O–H groups in total. The van der Waals surface area contributed by atoms with Crippen molar-refractivity contribution in [1.82, 2.24) is 0 Å². The third-order valence-electron chi connectivity index (χ3n) is 4.58. The van der Waals surface area contributed by atoms with Gasteiger partial charge in [-0.2, -0.15) is 0 Å². The van der Waals surface area contributed by atoms with Crippen LogP contribution in [0.1, 0.15) is 58.3 Å². The maximum atomic E-state index is 6.17. The molecule has 2 aliphatic carbocycles. The number of hydrogen-bond donors (Lipinski definition) is 1. The zero-order valence-electron chi connectivity index (χ0n) is 10.7. The van der Waals surface area contributed by atoms with E-state index in [0.717, 1.165) is 18.4 Å². The summed E-state index contributed by atoms with van der Waals surface area (Å²) in [5, 5.41) is 0. The van der Waals surface area contributed by atoms with Crippen LogP contribution < -0.4 is 5.73 Å². The first kappa shape index (κ1) is 12.4. The van der Waals surface area contributed by atoms with Crippen molar-refractivity contribution in [1.29, 1.82) is 0 Å². The van der Waals surface area contributed by atoms with Crippen molar-refractivity contribution in [3.8, 4) is 0 Å². The molecule has 0 aromatic heterocycles. The Morgan fingerprint density at radius 2 is 2.06 bits per heavy atom. The van der Waals surface area contributed by atoms with Crippen molar-refractivity contribution in [2.24, 2.45) is 17.6 Å². The number of rotatable bonds is 5. The smallest absolute Gasteiger partial charge is 0.0806 e. The fourth-order valence-electron chi connectivity index (χ4n) is 3.21. The Hall–Kier alpha value is -0.0800. The van der Waals surface area contributed by atoms with Crippen LogP contribution in [0, 0.1) is 11.8 Å². The van der Waals surface area contributed by atoms with Crippen molar-refractivity contribution in [2.45, 2.75) is 63.9 Å². The molecule has 0 aromatic carbocycles. The van der Waals surface area contributed by atoms with Gasteiger partial charge in [-0.15, -0.1) is 0 Å². The zero-order chi connectivity index (χ0) is 11.4. The SMILES string of the molecule is CC1CCCC(CN)(OCCC2CCC2)C1. The van der Waals surface area contributed by atoms with Crippen molar-refractivity contribution in [3.05, 3.63) is 0 Å². The standard InChI is InChI=1S/C14H27NO/c1-12-4-3-8-14(10-12,11-15)16-9-7-13-5-2-6-13/h12-13H,2-11,15H2,1H3. The molecule has 0 heterocycles. The normalized spacial score (nSPS) is 36.0. The van der Waals surface area contributed by atoms with E-state index in [0.29, 0.717) is 6.54 Å². The van der Waals surface area contributed by atoms with E-state index < -0.39 is 0 Å². The molecule has 0 aromatic rings. The van der Waals surface area contributed by atoms with E-state index >= 15 is 0 Å². The summed E-state index contributed by atoms with van der Waals surface area (Å²) in [4.78, 5) is 0. The van der Waals surface area contributed by atoms with E-state index in [2.05, 4.69) is 6.92 Å². The maximum absolute atomic E-state index is 6.17. The van der Waals surface area contributed by atoms with Gasteiger partial charge in [-0.3, -0.25) is 0 Å². The molecule has 0 radical (unpaired) electrons. The third-order valence-corrected chi connectivity index (χ3v) is 4.58. The molecule has 16 heavy (non-hydrogen) atoms. The molecule has 2 fully saturated rings. The summed E-state index contributed by atoms with van der Waals surface area (Å²) in [5.41, 5.74) is 5.97. The summed E-state index contributed by atoms with van der Waals surface area (Å²) in [7, 11) is 0. The minimum Gasteiger partial charge on any atom is -0.374 e. The molecule has 2 rings (SSSR count). The minimum absolute atomic E-state index is 0.0292. The van der Waals surface area contributed by atoms with Gasteiger partial charge >= 0.3 is 0 Å². The van der Waals surface area contributed by atoms with E-state index in [1.54, 1.807) is 0 Å². The summed E-state index contributed by atoms with van der Waals surface area (Å²) < 4.78 is 6.17. The van der Waals surface area contributed by atoms with Gasteiger partial charge in [0.1, 0.15) is 0 Å². The molecule has 2 nitrogen and oxygen atoms in total. The van der Waals surface area contributed by atoms with E-state index in [4.69, 9.17) is 10.5 Å². The largest absolute Gasteiger partial charge is 0.374 e. The highest BCUT2D eigenvalue weighted by atomic mass is 16.5. The summed E-state index contributed by atoms with van der Waals surface area (Å²) in [5.74, 6) is 1.75. The van der Waals surface area contributed by atoms with E-state index in [9.17, 15) is 0 Å². The van der Waals surface area contributed by atoms with E-state index in [-0.39, 0.29) is 5.60 Å². The zero-order valence-corrected chi connectivity index (χ0v) is 10.7. The molecular formula is C14H27NO. The Bertz CT molecular complexity index is 215. The van der Waals surface area contributed by atoms with Gasteiger partial charge in [0.15, 0.2) is 0 Å². The van der Waals surface area contributed by atoms with Crippen molar-refractivity contribution in [2.75, 3.05) is 13.2 Å². The predicted molar refractivity (Wildman–Crippen MR) is 67.3 cm³/mol. The van der Waals surface area contributed by atoms with Crippen LogP contribution in [-0.2, 0) is 4.74 Å². The van der Waals surface area contributed by atoms with Crippen molar-refractivity contribution < 1.29 is 4.74 Å². The monoisotopic (exact) mass is 225 g/mol. The Morgan fingerprint density at radius 1 is 1.25 bits per heavy atom. The summed E-state index contributed by atoms with van der Waals surface area (Å²) in [6.07, 6.45) is 10.5. The van der Waals surface area contributed by atoms with Gasteiger partial charge in [-0.05, 0) is 31.1 Å². The molecule has 2 aliphatic rings. The Morgan fingerprint density at radius 3 is 2.62 bits per heavy atom. The number of nitrogens with two attached hydrogens (primary N) is 1. The van der Waals surface area contributed by atoms with E-state index in [1.807, 2.05) is 0 Å². The highest BCUT2D eigenvalue weighted by Crippen LogP contribution is 2.35. The van der Waals surface area contributed by atoms with Crippen molar-refractivity contribution >= 4 is 0 Å². The molecular weight excluding hydrogens is 198 g/mol. The van der Waals surface area contributed by atoms with Crippen LogP contribution in [0.4, 0.5) is 0 Å². The molecule has 2 heteroatoms. The predicted octanol–water partition coefficient (Wildman–Crippen LogP) is 3.10. The molecule has 2 atom stereocenters. The average Bonchev–Trinajstić information content (AvgIpc) is 2.22. The maximum Gasteiger partial charge on any atom is 0.0806 e. The topological polar surface area (TPSA) is 35.2 Å². The lowest BCUT2D eigenvalue weighted by Gasteiger charge is -2.39. The molecule has 0 bridgehead atoms. The second kappa shape index (κ2) is 5.50. The lowest BCUT2D eigenvalue weighted by atomic mass is 9.78. The molecule has 2 unspecified atom stereocenters. The van der Waals surface area contributed by atoms with E-state index in [1.165, 1.54) is 51.4 Å². The molecule has 0 aliphatic heterocycles. The first-order chi connectivity index (χ1) is 7.74. The second-order valence-electron chi connectivity index (χ2n) is 6.02. The van der Waals surface area contributed by atoms with Gasteiger partial charge in [0.05, 0.1) is 5.60 Å². The molecule has 0 saturated heterocycles. The van der Waals surface area contributed by atoms with Crippen LogP contribution in [0.15, 0.2) is 0 Å². The van der Waals surface area contributed by atoms with Crippen LogP contribution >= 0.6 is 0 Å². The minimum atomic E-state index is 0.0292. The van der Waals surface area contributed by atoms with Gasteiger partial charge < -0.3 is 10.5 Å². The van der Waals surface area contributed by atoms with Gasteiger partial charge in [0.25, 0.3) is 0 Å². The quantitative estimate of drug-likeness (QED) is 0.780. The van der Waals surface area contributed by atoms with Crippen molar-refractivity contribution in [3.63, 3.8) is 0 Å². The van der Waals surface area contributed by atoms with Crippen LogP contribution in [0.3, 0.4) is 0 Å². The highest BCUT2D eigenvalue weighted by Gasteiger charge is 2.34. The fraction of sp³-hybridized carbons (Fsp3) is 1.00. The summed E-state index contributed by atoms with van der Waals surface area (Å²) in [6, 6.07) is 0. The number of hydrogen-bond acceptors (Lipinski definition) is 2. The summed E-state index contributed by atoms with van der Waals surface area (Å²) >= 11 is 0. The van der Waals surface area contributed by atoms with Crippen LogP contribution in [0.25, 0.3) is 0 Å². The molecule has 94 valence electrons. The first-order valence-corrected chi connectivity index (χ1v) is 7.08. The highest BCUT2D eigenvalue weighted by molar-refractivity contribution is 4.88.